The summed E-state index contributed by atoms with van der Waals surface area (Å²) < 4.78 is 14.7. The molecule has 1 N–H and O–H groups in total. The second-order valence-corrected chi connectivity index (χ2v) is 6.28. The molecule has 0 spiro atoms. The molecule has 3 rings (SSSR count). The summed E-state index contributed by atoms with van der Waals surface area (Å²) in [5.74, 6) is -0.855. The van der Waals surface area contributed by atoms with Crippen LogP contribution in [-0.2, 0) is 17.8 Å². The Bertz CT molecular complexity index is 1030. The Morgan fingerprint density at radius 1 is 1.11 bits per heavy atom. The second-order valence-electron chi connectivity index (χ2n) is 6.28. The maximum atomic E-state index is 13.6. The van der Waals surface area contributed by atoms with E-state index in [9.17, 15) is 14.0 Å². The van der Waals surface area contributed by atoms with Gasteiger partial charge in [0.1, 0.15) is 12.4 Å². The van der Waals surface area contributed by atoms with Crippen LogP contribution in [0.25, 0.3) is 11.3 Å². The maximum absolute atomic E-state index is 13.6. The molecule has 0 aliphatic carbocycles. The van der Waals surface area contributed by atoms with Gasteiger partial charge in [0.05, 0.1) is 5.69 Å². The van der Waals surface area contributed by atoms with E-state index in [-0.39, 0.29) is 12.1 Å². The first-order valence-corrected chi connectivity index (χ1v) is 8.69. The van der Waals surface area contributed by atoms with Gasteiger partial charge in [-0.05, 0) is 42.7 Å². The van der Waals surface area contributed by atoms with Crippen LogP contribution in [0.15, 0.2) is 59.4 Å². The molecule has 1 aromatic heterocycles. The monoisotopic (exact) mass is 365 g/mol. The molecular weight excluding hydrogens is 345 g/mol. The van der Waals surface area contributed by atoms with Gasteiger partial charge in [0.15, 0.2) is 0 Å². The lowest BCUT2D eigenvalue weighted by atomic mass is 10.1. The molecular formula is C21H20FN3O2. The van der Waals surface area contributed by atoms with E-state index in [1.165, 1.54) is 17.7 Å². The number of nitrogens with one attached hydrogen (secondary N) is 1. The van der Waals surface area contributed by atoms with Gasteiger partial charge >= 0.3 is 0 Å². The van der Waals surface area contributed by atoms with Gasteiger partial charge in [-0.3, -0.25) is 9.59 Å². The Morgan fingerprint density at radius 3 is 2.52 bits per heavy atom. The molecule has 0 aliphatic heterocycles. The number of carbonyl (C=O) groups excluding carboxylic acids is 1. The maximum Gasteiger partial charge on any atom is 0.267 e. The van der Waals surface area contributed by atoms with E-state index in [2.05, 4.69) is 17.3 Å². The summed E-state index contributed by atoms with van der Waals surface area (Å²) in [5.41, 5.74) is 3.12. The van der Waals surface area contributed by atoms with Crippen molar-refractivity contribution in [1.82, 2.24) is 9.78 Å². The number of halogens is 1. The van der Waals surface area contributed by atoms with Crippen LogP contribution in [0.4, 0.5) is 10.1 Å². The van der Waals surface area contributed by atoms with Crippen LogP contribution >= 0.6 is 0 Å². The zero-order valence-corrected chi connectivity index (χ0v) is 15.2. The number of benzene rings is 2. The highest BCUT2D eigenvalue weighted by Gasteiger charge is 2.09. The molecule has 0 saturated heterocycles. The number of aryl methyl sites for hydroxylation is 2. The van der Waals surface area contributed by atoms with Crippen LogP contribution in [0.3, 0.4) is 0 Å². The van der Waals surface area contributed by atoms with E-state index in [4.69, 9.17) is 0 Å². The summed E-state index contributed by atoms with van der Waals surface area (Å²) in [6, 6.07) is 15.3. The van der Waals surface area contributed by atoms with E-state index in [1.807, 2.05) is 24.3 Å². The van der Waals surface area contributed by atoms with Gasteiger partial charge in [-0.2, -0.15) is 5.10 Å². The van der Waals surface area contributed by atoms with Crippen molar-refractivity contribution in [2.75, 3.05) is 5.32 Å². The molecule has 0 fully saturated rings. The molecule has 1 heterocycles. The van der Waals surface area contributed by atoms with E-state index in [0.29, 0.717) is 16.9 Å². The van der Waals surface area contributed by atoms with Crippen LogP contribution in [-0.4, -0.2) is 15.7 Å². The lowest BCUT2D eigenvalue weighted by molar-refractivity contribution is -0.117. The number of anilines is 1. The zero-order chi connectivity index (χ0) is 19.4. The van der Waals surface area contributed by atoms with Crippen LogP contribution in [0, 0.1) is 12.7 Å². The van der Waals surface area contributed by atoms with Gasteiger partial charge in [0, 0.05) is 17.3 Å². The predicted molar refractivity (Wildman–Crippen MR) is 103 cm³/mol. The van der Waals surface area contributed by atoms with Gasteiger partial charge in [0.2, 0.25) is 5.91 Å². The van der Waals surface area contributed by atoms with Crippen molar-refractivity contribution in [2.45, 2.75) is 26.8 Å². The van der Waals surface area contributed by atoms with E-state index in [1.54, 1.807) is 25.1 Å². The fraction of sp³-hybridized carbons (Fsp3) is 0.190. The number of nitrogens with zero attached hydrogens (tertiary/aromatic N) is 2. The average molecular weight is 365 g/mol. The summed E-state index contributed by atoms with van der Waals surface area (Å²) in [6.45, 7) is 3.46. The summed E-state index contributed by atoms with van der Waals surface area (Å²) in [7, 11) is 0. The lowest BCUT2D eigenvalue weighted by Gasteiger charge is -2.09. The van der Waals surface area contributed by atoms with Crippen molar-refractivity contribution in [3.63, 3.8) is 0 Å². The van der Waals surface area contributed by atoms with Gasteiger partial charge in [0.25, 0.3) is 5.56 Å². The number of hydrogen-bond donors (Lipinski definition) is 1. The molecule has 0 aliphatic rings. The molecule has 27 heavy (non-hydrogen) atoms. The number of rotatable bonds is 5. The van der Waals surface area contributed by atoms with Crippen LogP contribution in [0.5, 0.6) is 0 Å². The van der Waals surface area contributed by atoms with Crippen molar-refractivity contribution in [3.05, 3.63) is 81.9 Å². The highest BCUT2D eigenvalue weighted by Crippen LogP contribution is 2.17. The first-order chi connectivity index (χ1) is 13.0. The van der Waals surface area contributed by atoms with E-state index in [0.717, 1.165) is 16.7 Å². The zero-order valence-electron chi connectivity index (χ0n) is 15.2. The van der Waals surface area contributed by atoms with Crippen molar-refractivity contribution in [1.29, 1.82) is 0 Å². The minimum atomic E-state index is -0.452. The largest absolute Gasteiger partial charge is 0.324 e. The molecule has 5 nitrogen and oxygen atoms in total. The molecule has 6 heteroatoms. The highest BCUT2D eigenvalue weighted by atomic mass is 19.1. The van der Waals surface area contributed by atoms with Crippen molar-refractivity contribution >= 4 is 11.6 Å². The third-order valence-electron chi connectivity index (χ3n) is 4.27. The molecule has 1 amide bonds. The Balaban J connectivity index is 1.78. The number of carbonyl (C=O) groups is 1. The molecule has 0 bridgehead atoms. The van der Waals surface area contributed by atoms with Crippen LogP contribution in [0.2, 0.25) is 0 Å². The minimum absolute atomic E-state index is 0.255. The summed E-state index contributed by atoms with van der Waals surface area (Å²) >= 11 is 0. The molecule has 0 saturated carbocycles. The van der Waals surface area contributed by atoms with Gasteiger partial charge in [-0.1, -0.05) is 37.3 Å². The van der Waals surface area contributed by atoms with Crippen molar-refractivity contribution in [2.24, 2.45) is 0 Å². The molecule has 138 valence electrons. The predicted octanol–water partition coefficient (Wildman–Crippen LogP) is 3.56. The number of amides is 1. The van der Waals surface area contributed by atoms with E-state index >= 15 is 0 Å². The highest BCUT2D eigenvalue weighted by molar-refractivity contribution is 5.90. The second kappa shape index (κ2) is 7.95. The smallest absolute Gasteiger partial charge is 0.267 e. The van der Waals surface area contributed by atoms with Crippen molar-refractivity contribution in [3.8, 4) is 11.3 Å². The first-order valence-electron chi connectivity index (χ1n) is 8.69. The van der Waals surface area contributed by atoms with Gasteiger partial charge in [-0.15, -0.1) is 0 Å². The van der Waals surface area contributed by atoms with E-state index < -0.39 is 11.7 Å². The lowest BCUT2D eigenvalue weighted by Crippen LogP contribution is -2.29. The fourth-order valence-electron chi connectivity index (χ4n) is 2.63. The fourth-order valence-corrected chi connectivity index (χ4v) is 2.63. The third kappa shape index (κ3) is 4.47. The normalized spacial score (nSPS) is 10.6. The number of aromatic nitrogens is 2. The quantitative estimate of drug-likeness (QED) is 0.752. The Morgan fingerprint density at radius 2 is 1.85 bits per heavy atom. The average Bonchev–Trinajstić information content (AvgIpc) is 2.66. The first kappa shape index (κ1) is 18.5. The number of hydrogen-bond acceptors (Lipinski definition) is 3. The molecule has 0 radical (unpaired) electrons. The molecule has 0 atom stereocenters. The third-order valence-corrected chi connectivity index (χ3v) is 4.27. The summed E-state index contributed by atoms with van der Waals surface area (Å²) in [6.07, 6.45) is 0.937. The Kier molecular flexibility index (Phi) is 5.45. The molecule has 3 aromatic rings. The van der Waals surface area contributed by atoms with Crippen molar-refractivity contribution < 1.29 is 9.18 Å². The van der Waals surface area contributed by atoms with Gasteiger partial charge < -0.3 is 5.32 Å². The molecule has 0 unspecified atom stereocenters. The topological polar surface area (TPSA) is 64.0 Å². The Labute approximate surface area is 156 Å². The summed E-state index contributed by atoms with van der Waals surface area (Å²) in [4.78, 5) is 24.3. The molecule has 2 aromatic carbocycles. The van der Waals surface area contributed by atoms with Gasteiger partial charge in [-0.25, -0.2) is 9.07 Å². The van der Waals surface area contributed by atoms with Crippen LogP contribution < -0.4 is 10.9 Å². The van der Waals surface area contributed by atoms with Crippen LogP contribution in [0.1, 0.15) is 18.1 Å². The standard InChI is InChI=1S/C21H20FN3O2/c1-3-15-5-7-16(8-6-15)19-10-11-21(27)25(24-19)13-20(26)23-17-9-4-14(2)18(22)12-17/h4-12H,3,13H2,1-2H3,(H,23,26). The SMILES string of the molecule is CCc1ccc(-c2ccc(=O)n(CC(=O)Nc3ccc(C)c(F)c3)n2)cc1. The minimum Gasteiger partial charge on any atom is -0.324 e. The Hall–Kier alpha value is -3.28. The summed E-state index contributed by atoms with van der Waals surface area (Å²) in [5, 5.41) is 6.86.